The van der Waals surface area contributed by atoms with Crippen molar-refractivity contribution >= 4 is 17.3 Å². The van der Waals surface area contributed by atoms with E-state index in [0.29, 0.717) is 29.5 Å². The molecular weight excluding hydrogens is 396 g/mol. The predicted molar refractivity (Wildman–Crippen MR) is 128 cm³/mol. The Hall–Kier alpha value is -0.990. The third-order valence-electron chi connectivity index (χ3n) is 12.7. The van der Waals surface area contributed by atoms with Gasteiger partial charge >= 0.3 is 0 Å². The van der Waals surface area contributed by atoms with Crippen molar-refractivity contribution in [2.75, 3.05) is 0 Å². The second kappa shape index (κ2) is 7.25. The van der Waals surface area contributed by atoms with E-state index in [2.05, 4.69) is 62.3 Å². The van der Waals surface area contributed by atoms with Crippen molar-refractivity contribution in [3.63, 3.8) is 0 Å². The van der Waals surface area contributed by atoms with E-state index < -0.39 is 11.3 Å². The van der Waals surface area contributed by atoms with Crippen LogP contribution in [0.1, 0.15) is 88.5 Å². The number of carbonyl (C=O) groups is 3. The SMILES string of the molecule is CC(=O)C1C(=O)C2(C)C(C)C3C(=O)C4C(C)CCC(C)C4C(C)C3(C)C(C)C2(C)CC1C. The van der Waals surface area contributed by atoms with Gasteiger partial charge in [0.25, 0.3) is 0 Å². The number of Topliss-reactive ketones (excluding diaryl/α,β-unsaturated/α-hetero) is 3. The smallest absolute Gasteiger partial charge is 0.150 e. The molecule has 4 rings (SSSR count). The molecule has 180 valence electrons. The van der Waals surface area contributed by atoms with Crippen LogP contribution in [0, 0.1) is 75.4 Å². The highest BCUT2D eigenvalue weighted by Crippen LogP contribution is 2.74. The minimum Gasteiger partial charge on any atom is -0.299 e. The molecule has 13 atom stereocenters. The van der Waals surface area contributed by atoms with Crippen LogP contribution in [0.3, 0.4) is 0 Å². The number of hydrogen-bond donors (Lipinski definition) is 0. The van der Waals surface area contributed by atoms with Gasteiger partial charge in [-0.3, -0.25) is 14.4 Å². The molecule has 0 amide bonds. The maximum Gasteiger partial charge on any atom is 0.150 e. The zero-order chi connectivity index (χ0) is 24.1. The van der Waals surface area contributed by atoms with E-state index >= 15 is 0 Å². The maximum atomic E-state index is 14.4. The zero-order valence-electron chi connectivity index (χ0n) is 22.1. The van der Waals surface area contributed by atoms with Gasteiger partial charge in [-0.1, -0.05) is 68.7 Å². The van der Waals surface area contributed by atoms with Crippen molar-refractivity contribution < 1.29 is 14.4 Å². The Balaban J connectivity index is 1.91. The van der Waals surface area contributed by atoms with E-state index in [1.165, 1.54) is 6.42 Å². The Bertz CT molecular complexity index is 845. The molecule has 0 aromatic carbocycles. The Labute approximate surface area is 195 Å². The van der Waals surface area contributed by atoms with Gasteiger partial charge in [-0.15, -0.1) is 0 Å². The van der Waals surface area contributed by atoms with E-state index in [0.717, 1.165) is 12.8 Å². The summed E-state index contributed by atoms with van der Waals surface area (Å²) in [5.74, 6) is 2.17. The largest absolute Gasteiger partial charge is 0.299 e. The van der Waals surface area contributed by atoms with Crippen molar-refractivity contribution in [2.45, 2.75) is 88.5 Å². The van der Waals surface area contributed by atoms with Crippen LogP contribution in [0.2, 0.25) is 0 Å². The minimum atomic E-state index is -0.648. The molecule has 13 unspecified atom stereocenters. The number of carbonyl (C=O) groups excluding carboxylic acids is 3. The summed E-state index contributed by atoms with van der Waals surface area (Å²) in [5, 5.41) is 0. The Morgan fingerprint density at radius 2 is 1.41 bits per heavy atom. The molecule has 4 aliphatic rings. The molecule has 32 heavy (non-hydrogen) atoms. The van der Waals surface area contributed by atoms with Gasteiger partial charge in [-0.2, -0.15) is 0 Å². The highest BCUT2D eigenvalue weighted by molar-refractivity contribution is 6.06. The maximum absolute atomic E-state index is 14.4. The van der Waals surface area contributed by atoms with E-state index in [1.54, 1.807) is 6.92 Å². The fraction of sp³-hybridized carbons (Fsp3) is 0.897. The molecule has 4 aliphatic carbocycles. The molecule has 0 saturated heterocycles. The summed E-state index contributed by atoms with van der Waals surface area (Å²) < 4.78 is 0. The van der Waals surface area contributed by atoms with Crippen LogP contribution >= 0.6 is 0 Å². The highest BCUT2D eigenvalue weighted by Gasteiger charge is 2.74. The monoisotopic (exact) mass is 442 g/mol. The first-order valence-electron chi connectivity index (χ1n) is 13.3. The molecule has 0 aliphatic heterocycles. The van der Waals surface area contributed by atoms with Crippen molar-refractivity contribution in [1.82, 2.24) is 0 Å². The molecular formula is C29H46O3. The van der Waals surface area contributed by atoms with Crippen LogP contribution in [-0.4, -0.2) is 17.3 Å². The van der Waals surface area contributed by atoms with Gasteiger partial charge in [0.15, 0.2) is 0 Å². The van der Waals surface area contributed by atoms with Gasteiger partial charge in [-0.05, 0) is 72.0 Å². The zero-order valence-corrected chi connectivity index (χ0v) is 22.1. The molecule has 0 spiro atoms. The summed E-state index contributed by atoms with van der Waals surface area (Å²) in [6.07, 6.45) is 3.23. The number of hydrogen-bond acceptors (Lipinski definition) is 3. The lowest BCUT2D eigenvalue weighted by atomic mass is 9.30. The molecule has 0 heterocycles. The van der Waals surface area contributed by atoms with Crippen molar-refractivity contribution in [2.24, 2.45) is 75.4 Å². The predicted octanol–water partition coefficient (Wildman–Crippen LogP) is 6.24. The summed E-state index contributed by atoms with van der Waals surface area (Å²) in [5.41, 5.74) is -0.990. The van der Waals surface area contributed by atoms with Crippen molar-refractivity contribution in [3.05, 3.63) is 0 Å². The van der Waals surface area contributed by atoms with Gasteiger partial charge < -0.3 is 0 Å². The van der Waals surface area contributed by atoms with Crippen LogP contribution in [0.15, 0.2) is 0 Å². The summed E-state index contributed by atoms with van der Waals surface area (Å²) in [7, 11) is 0. The topological polar surface area (TPSA) is 51.2 Å². The summed E-state index contributed by atoms with van der Waals surface area (Å²) in [4.78, 5) is 41.1. The van der Waals surface area contributed by atoms with Crippen LogP contribution in [0.4, 0.5) is 0 Å². The molecule has 4 saturated carbocycles. The third kappa shape index (κ3) is 2.58. The lowest BCUT2D eigenvalue weighted by Gasteiger charge is -2.72. The van der Waals surface area contributed by atoms with E-state index in [1.807, 2.05) is 0 Å². The van der Waals surface area contributed by atoms with Crippen molar-refractivity contribution in [1.29, 1.82) is 0 Å². The first kappa shape index (κ1) is 24.1. The first-order valence-corrected chi connectivity index (χ1v) is 13.3. The lowest BCUT2D eigenvalue weighted by molar-refractivity contribution is -0.238. The molecule has 0 radical (unpaired) electrons. The van der Waals surface area contributed by atoms with Gasteiger partial charge in [0, 0.05) is 17.3 Å². The van der Waals surface area contributed by atoms with Gasteiger partial charge in [-0.25, -0.2) is 0 Å². The molecule has 0 aromatic heterocycles. The number of rotatable bonds is 1. The molecule has 0 bridgehead atoms. The summed E-state index contributed by atoms with van der Waals surface area (Å²) >= 11 is 0. The van der Waals surface area contributed by atoms with Gasteiger partial charge in [0.2, 0.25) is 0 Å². The summed E-state index contributed by atoms with van der Waals surface area (Å²) in [6.45, 7) is 22.1. The van der Waals surface area contributed by atoms with Crippen LogP contribution in [0.25, 0.3) is 0 Å². The Morgan fingerprint density at radius 1 is 0.844 bits per heavy atom. The highest BCUT2D eigenvalue weighted by atomic mass is 16.2. The number of fused-ring (bicyclic) bond motifs is 3. The quantitative estimate of drug-likeness (QED) is 0.452. The molecule has 0 aromatic rings. The minimum absolute atomic E-state index is 0.00269. The average Bonchev–Trinajstić information content (AvgIpc) is 2.70. The number of ketones is 3. The molecule has 4 fully saturated rings. The Morgan fingerprint density at radius 3 is 1.97 bits per heavy atom. The lowest BCUT2D eigenvalue weighted by Crippen LogP contribution is -2.73. The fourth-order valence-corrected chi connectivity index (χ4v) is 10.4. The van der Waals surface area contributed by atoms with Crippen LogP contribution < -0.4 is 0 Å². The molecule has 3 nitrogen and oxygen atoms in total. The molecule has 0 N–H and O–H groups in total. The second-order valence-electron chi connectivity index (χ2n) is 13.4. The van der Waals surface area contributed by atoms with Crippen LogP contribution in [-0.2, 0) is 14.4 Å². The van der Waals surface area contributed by atoms with Gasteiger partial charge in [0.1, 0.15) is 17.3 Å². The molecule has 3 heteroatoms. The standard InChI is InChI=1S/C29H46O3/c1-14-11-12-15(2)23-21(14)17(4)28(9)20(7)27(8)13-16(3)22(19(6)30)26(32)29(27,10)18(5)24(28)25(23)31/h14-18,20-24H,11-13H2,1-10H3. The first-order chi connectivity index (χ1) is 14.7. The van der Waals surface area contributed by atoms with E-state index in [4.69, 9.17) is 0 Å². The van der Waals surface area contributed by atoms with E-state index in [-0.39, 0.29) is 52.0 Å². The normalized spacial score (nSPS) is 57.9. The van der Waals surface area contributed by atoms with Crippen molar-refractivity contribution in [3.8, 4) is 0 Å². The summed E-state index contributed by atoms with van der Waals surface area (Å²) in [6, 6.07) is 0. The average molecular weight is 443 g/mol. The van der Waals surface area contributed by atoms with E-state index in [9.17, 15) is 14.4 Å². The fourth-order valence-electron chi connectivity index (χ4n) is 10.4. The van der Waals surface area contributed by atoms with Gasteiger partial charge in [0.05, 0.1) is 5.92 Å². The second-order valence-corrected chi connectivity index (χ2v) is 13.4. The Kier molecular flexibility index (Phi) is 5.47. The third-order valence-corrected chi connectivity index (χ3v) is 12.7. The van der Waals surface area contributed by atoms with Crippen LogP contribution in [0.5, 0.6) is 0 Å².